The van der Waals surface area contributed by atoms with E-state index in [0.29, 0.717) is 19.6 Å². The predicted molar refractivity (Wildman–Crippen MR) is 102 cm³/mol. The quantitative estimate of drug-likeness (QED) is 0.649. The van der Waals surface area contributed by atoms with E-state index in [2.05, 4.69) is 45.6 Å². The largest absolute Gasteiger partial charge is 0.355 e. The number of rotatable bonds is 4. The SMILES string of the molecule is CN=C(NCCN1CCCS1(=O)=O)N1CC=C(c2ccccc2)CC1. The Labute approximate surface area is 150 Å². The van der Waals surface area contributed by atoms with Crippen LogP contribution in [0.3, 0.4) is 0 Å². The molecule has 1 aromatic rings. The average Bonchev–Trinajstić information content (AvgIpc) is 2.98. The van der Waals surface area contributed by atoms with Crippen LogP contribution in [0.4, 0.5) is 0 Å². The first-order valence-electron chi connectivity index (χ1n) is 8.78. The zero-order valence-corrected chi connectivity index (χ0v) is 15.5. The Morgan fingerprint density at radius 1 is 1.24 bits per heavy atom. The normalized spacial score (nSPS) is 21.2. The van der Waals surface area contributed by atoms with Gasteiger partial charge in [0, 0.05) is 39.8 Å². The molecule has 0 unspecified atom stereocenters. The number of benzene rings is 1. The van der Waals surface area contributed by atoms with Crippen LogP contribution in [-0.2, 0) is 10.0 Å². The van der Waals surface area contributed by atoms with Crippen LogP contribution in [0.2, 0.25) is 0 Å². The molecule has 2 aliphatic rings. The molecular weight excluding hydrogens is 336 g/mol. The Bertz CT molecular complexity index is 744. The summed E-state index contributed by atoms with van der Waals surface area (Å²) in [5.74, 6) is 1.11. The maximum Gasteiger partial charge on any atom is 0.214 e. The molecule has 2 aliphatic heterocycles. The molecule has 1 saturated heterocycles. The van der Waals surface area contributed by atoms with E-state index in [9.17, 15) is 8.42 Å². The van der Waals surface area contributed by atoms with Crippen molar-refractivity contribution in [1.82, 2.24) is 14.5 Å². The van der Waals surface area contributed by atoms with Crippen LogP contribution >= 0.6 is 0 Å². The van der Waals surface area contributed by atoms with Gasteiger partial charge < -0.3 is 10.2 Å². The fourth-order valence-corrected chi connectivity index (χ4v) is 4.87. The molecule has 0 radical (unpaired) electrons. The summed E-state index contributed by atoms with van der Waals surface area (Å²) in [7, 11) is -1.25. The smallest absolute Gasteiger partial charge is 0.214 e. The van der Waals surface area contributed by atoms with Crippen LogP contribution in [0, 0.1) is 0 Å². The molecule has 7 heteroatoms. The molecule has 0 spiro atoms. The van der Waals surface area contributed by atoms with E-state index in [0.717, 1.165) is 31.9 Å². The van der Waals surface area contributed by atoms with Gasteiger partial charge in [0.15, 0.2) is 5.96 Å². The number of sulfonamides is 1. The minimum absolute atomic E-state index is 0.279. The molecule has 2 heterocycles. The highest BCUT2D eigenvalue weighted by Crippen LogP contribution is 2.21. The first-order chi connectivity index (χ1) is 12.1. The van der Waals surface area contributed by atoms with Gasteiger partial charge in [0.05, 0.1) is 5.75 Å². The van der Waals surface area contributed by atoms with Crippen LogP contribution in [-0.4, -0.2) is 69.1 Å². The lowest BCUT2D eigenvalue weighted by Crippen LogP contribution is -2.46. The molecule has 0 aliphatic carbocycles. The third-order valence-electron chi connectivity index (χ3n) is 4.71. The number of hydrogen-bond donors (Lipinski definition) is 1. The predicted octanol–water partition coefficient (Wildman–Crippen LogP) is 1.39. The molecule has 3 rings (SSSR count). The first-order valence-corrected chi connectivity index (χ1v) is 10.4. The number of aliphatic imine (C=N–C) groups is 1. The van der Waals surface area contributed by atoms with Crippen LogP contribution < -0.4 is 5.32 Å². The Kier molecular flexibility index (Phi) is 5.75. The van der Waals surface area contributed by atoms with Crippen molar-refractivity contribution in [2.45, 2.75) is 12.8 Å². The molecule has 25 heavy (non-hydrogen) atoms. The molecule has 1 fully saturated rings. The first kappa shape index (κ1) is 17.9. The van der Waals surface area contributed by atoms with Gasteiger partial charge in [0.1, 0.15) is 0 Å². The highest BCUT2D eigenvalue weighted by Gasteiger charge is 2.27. The Morgan fingerprint density at radius 3 is 2.64 bits per heavy atom. The van der Waals surface area contributed by atoms with E-state index in [4.69, 9.17) is 0 Å². The summed E-state index contributed by atoms with van der Waals surface area (Å²) < 4.78 is 25.2. The topological polar surface area (TPSA) is 65.0 Å². The number of hydrogen-bond acceptors (Lipinski definition) is 3. The van der Waals surface area contributed by atoms with Gasteiger partial charge in [-0.2, -0.15) is 0 Å². The molecule has 6 nitrogen and oxygen atoms in total. The molecule has 0 aromatic heterocycles. The molecule has 136 valence electrons. The van der Waals surface area contributed by atoms with E-state index in [1.165, 1.54) is 11.1 Å². The second-order valence-electron chi connectivity index (χ2n) is 6.33. The van der Waals surface area contributed by atoms with Crippen molar-refractivity contribution < 1.29 is 8.42 Å². The van der Waals surface area contributed by atoms with Gasteiger partial charge in [-0.15, -0.1) is 0 Å². The lowest BCUT2D eigenvalue weighted by molar-refractivity contribution is 0.420. The van der Waals surface area contributed by atoms with Crippen molar-refractivity contribution in [3.8, 4) is 0 Å². The van der Waals surface area contributed by atoms with Crippen LogP contribution in [0.15, 0.2) is 41.4 Å². The van der Waals surface area contributed by atoms with E-state index in [1.807, 2.05) is 6.07 Å². The van der Waals surface area contributed by atoms with Gasteiger partial charge in [-0.3, -0.25) is 4.99 Å². The highest BCUT2D eigenvalue weighted by atomic mass is 32.2. The van der Waals surface area contributed by atoms with Gasteiger partial charge in [-0.1, -0.05) is 36.4 Å². The summed E-state index contributed by atoms with van der Waals surface area (Å²) in [5.41, 5.74) is 2.65. The fourth-order valence-electron chi connectivity index (χ4n) is 3.34. The van der Waals surface area contributed by atoms with Crippen molar-refractivity contribution in [2.75, 3.05) is 45.5 Å². The van der Waals surface area contributed by atoms with Gasteiger partial charge in [0.25, 0.3) is 0 Å². The number of guanidine groups is 1. The highest BCUT2D eigenvalue weighted by molar-refractivity contribution is 7.89. The fraction of sp³-hybridized carbons (Fsp3) is 0.500. The van der Waals surface area contributed by atoms with Crippen molar-refractivity contribution in [3.05, 3.63) is 42.0 Å². The van der Waals surface area contributed by atoms with Crippen molar-refractivity contribution in [3.63, 3.8) is 0 Å². The summed E-state index contributed by atoms with van der Waals surface area (Å²) >= 11 is 0. The lowest BCUT2D eigenvalue weighted by atomic mass is 10.00. The van der Waals surface area contributed by atoms with E-state index < -0.39 is 10.0 Å². The molecule has 0 amide bonds. The van der Waals surface area contributed by atoms with Gasteiger partial charge >= 0.3 is 0 Å². The summed E-state index contributed by atoms with van der Waals surface area (Å²) in [6, 6.07) is 10.5. The van der Waals surface area contributed by atoms with Gasteiger partial charge in [-0.05, 0) is 24.0 Å². The van der Waals surface area contributed by atoms with Crippen molar-refractivity contribution in [2.24, 2.45) is 4.99 Å². The second-order valence-corrected chi connectivity index (χ2v) is 8.42. The third kappa shape index (κ3) is 4.41. The number of nitrogens with zero attached hydrogens (tertiary/aromatic N) is 3. The second kappa shape index (κ2) is 8.01. The summed E-state index contributed by atoms with van der Waals surface area (Å²) in [6.45, 7) is 3.43. The zero-order valence-electron chi connectivity index (χ0n) is 14.7. The molecular formula is C18H26N4O2S. The van der Waals surface area contributed by atoms with E-state index >= 15 is 0 Å². The van der Waals surface area contributed by atoms with E-state index in [-0.39, 0.29) is 5.75 Å². The molecule has 0 atom stereocenters. The molecule has 1 N–H and O–H groups in total. The van der Waals surface area contributed by atoms with Crippen molar-refractivity contribution in [1.29, 1.82) is 0 Å². The maximum absolute atomic E-state index is 11.8. The average molecular weight is 362 g/mol. The number of nitrogens with one attached hydrogen (secondary N) is 1. The summed E-state index contributed by atoms with van der Waals surface area (Å²) in [6.07, 6.45) is 3.96. The Balaban J connectivity index is 1.52. The van der Waals surface area contributed by atoms with Crippen LogP contribution in [0.25, 0.3) is 5.57 Å². The van der Waals surface area contributed by atoms with Crippen LogP contribution in [0.1, 0.15) is 18.4 Å². The van der Waals surface area contributed by atoms with Crippen LogP contribution in [0.5, 0.6) is 0 Å². The summed E-state index contributed by atoms with van der Waals surface area (Å²) in [4.78, 5) is 6.54. The minimum atomic E-state index is -3.02. The third-order valence-corrected chi connectivity index (χ3v) is 6.67. The molecule has 0 bridgehead atoms. The lowest BCUT2D eigenvalue weighted by Gasteiger charge is -2.30. The van der Waals surface area contributed by atoms with E-state index in [1.54, 1.807) is 11.4 Å². The monoisotopic (exact) mass is 362 g/mol. The minimum Gasteiger partial charge on any atom is -0.355 e. The van der Waals surface area contributed by atoms with Gasteiger partial charge in [-0.25, -0.2) is 12.7 Å². The standard InChI is InChI=1S/C18H26N4O2S/c1-19-18(20-10-14-22-11-5-15-25(22,23)24)21-12-8-17(9-13-21)16-6-3-2-4-7-16/h2-4,6-8H,5,9-15H2,1H3,(H,19,20). The molecule has 0 saturated carbocycles. The zero-order chi connectivity index (χ0) is 17.7. The van der Waals surface area contributed by atoms with Gasteiger partial charge in [0.2, 0.25) is 10.0 Å². The summed E-state index contributed by atoms with van der Waals surface area (Å²) in [5, 5.41) is 3.30. The molecule has 1 aromatic carbocycles. The Morgan fingerprint density at radius 2 is 2.04 bits per heavy atom. The van der Waals surface area contributed by atoms with Crippen molar-refractivity contribution >= 4 is 21.6 Å². The maximum atomic E-state index is 11.8. The Hall–Kier alpha value is -1.86.